The van der Waals surface area contributed by atoms with Crippen molar-refractivity contribution >= 4 is 0 Å². The maximum atomic E-state index is 3.71. The van der Waals surface area contributed by atoms with Crippen molar-refractivity contribution < 1.29 is 0 Å². The van der Waals surface area contributed by atoms with Gasteiger partial charge in [0, 0.05) is 25.7 Å². The zero-order chi connectivity index (χ0) is 12.6. The van der Waals surface area contributed by atoms with Gasteiger partial charge in [0.1, 0.15) is 0 Å². The van der Waals surface area contributed by atoms with Crippen molar-refractivity contribution in [3.8, 4) is 0 Å². The van der Waals surface area contributed by atoms with E-state index in [1.807, 2.05) is 0 Å². The Hall–Kier alpha value is -0.860. The fourth-order valence-electron chi connectivity index (χ4n) is 3.49. The number of hydrogen-bond acceptors (Lipinski definition) is 2. The quantitative estimate of drug-likeness (QED) is 0.860. The third kappa shape index (κ3) is 2.19. The number of rotatable bonds is 2. The second-order valence-electron chi connectivity index (χ2n) is 6.33. The summed E-state index contributed by atoms with van der Waals surface area (Å²) in [7, 11) is 0. The molecular formula is C16H24N2. The lowest BCUT2D eigenvalue weighted by atomic mass is 9.79. The maximum absolute atomic E-state index is 3.71. The first-order chi connectivity index (χ1) is 8.67. The second kappa shape index (κ2) is 4.67. The van der Waals surface area contributed by atoms with Crippen molar-refractivity contribution in [1.82, 2.24) is 10.2 Å². The molecule has 1 aromatic carbocycles. The SMILES string of the molecule is CC1CC(N2CCNC(C)(c3ccccc3)C2)C1. The predicted octanol–water partition coefficient (Wildman–Crippen LogP) is 2.61. The fourth-order valence-corrected chi connectivity index (χ4v) is 3.49. The summed E-state index contributed by atoms with van der Waals surface area (Å²) in [5.41, 5.74) is 1.54. The van der Waals surface area contributed by atoms with Crippen LogP contribution in [-0.2, 0) is 5.54 Å². The van der Waals surface area contributed by atoms with Gasteiger partial charge in [0.15, 0.2) is 0 Å². The molecule has 1 aromatic rings. The van der Waals surface area contributed by atoms with Crippen LogP contribution in [-0.4, -0.2) is 30.6 Å². The van der Waals surface area contributed by atoms with Crippen molar-refractivity contribution in [1.29, 1.82) is 0 Å². The molecule has 1 aliphatic heterocycles. The molecule has 0 spiro atoms. The molecule has 1 aliphatic carbocycles. The van der Waals surface area contributed by atoms with Gasteiger partial charge in [0.2, 0.25) is 0 Å². The van der Waals surface area contributed by atoms with E-state index in [4.69, 9.17) is 0 Å². The van der Waals surface area contributed by atoms with Crippen LogP contribution in [0.2, 0.25) is 0 Å². The highest BCUT2D eigenvalue weighted by Crippen LogP contribution is 2.34. The summed E-state index contributed by atoms with van der Waals surface area (Å²) >= 11 is 0. The van der Waals surface area contributed by atoms with Crippen LogP contribution in [0.3, 0.4) is 0 Å². The second-order valence-corrected chi connectivity index (χ2v) is 6.33. The largest absolute Gasteiger partial charge is 0.305 e. The smallest absolute Gasteiger partial charge is 0.0535 e. The van der Waals surface area contributed by atoms with Gasteiger partial charge in [-0.1, -0.05) is 37.3 Å². The lowest BCUT2D eigenvalue weighted by Crippen LogP contribution is -2.60. The van der Waals surface area contributed by atoms with Crippen LogP contribution < -0.4 is 5.32 Å². The molecule has 0 bridgehead atoms. The monoisotopic (exact) mass is 244 g/mol. The molecule has 1 atom stereocenters. The molecule has 0 radical (unpaired) electrons. The first-order valence-corrected chi connectivity index (χ1v) is 7.22. The summed E-state index contributed by atoms with van der Waals surface area (Å²) in [6.45, 7) is 8.18. The minimum Gasteiger partial charge on any atom is -0.305 e. The van der Waals surface area contributed by atoms with E-state index in [0.717, 1.165) is 25.0 Å². The van der Waals surface area contributed by atoms with Crippen molar-refractivity contribution in [3.05, 3.63) is 35.9 Å². The number of nitrogens with one attached hydrogen (secondary N) is 1. The zero-order valence-corrected chi connectivity index (χ0v) is 11.5. The predicted molar refractivity (Wildman–Crippen MR) is 75.6 cm³/mol. The Bertz CT molecular complexity index is 397. The number of nitrogens with zero attached hydrogens (tertiary/aromatic N) is 1. The van der Waals surface area contributed by atoms with Crippen LogP contribution >= 0.6 is 0 Å². The van der Waals surface area contributed by atoms with Crippen molar-refractivity contribution in [3.63, 3.8) is 0 Å². The lowest BCUT2D eigenvalue weighted by molar-refractivity contribution is 0.0358. The van der Waals surface area contributed by atoms with Crippen LogP contribution in [0.1, 0.15) is 32.3 Å². The summed E-state index contributed by atoms with van der Waals surface area (Å²) in [5.74, 6) is 0.938. The molecule has 1 unspecified atom stereocenters. The molecular weight excluding hydrogens is 220 g/mol. The van der Waals surface area contributed by atoms with Gasteiger partial charge in [-0.15, -0.1) is 0 Å². The van der Waals surface area contributed by atoms with Gasteiger partial charge in [0.05, 0.1) is 5.54 Å². The Labute approximate surface area is 110 Å². The zero-order valence-electron chi connectivity index (χ0n) is 11.5. The highest BCUT2D eigenvalue weighted by Gasteiger charge is 2.38. The van der Waals surface area contributed by atoms with Gasteiger partial charge < -0.3 is 5.32 Å². The summed E-state index contributed by atoms with van der Waals surface area (Å²) in [5, 5.41) is 3.71. The summed E-state index contributed by atoms with van der Waals surface area (Å²) in [4.78, 5) is 2.70. The summed E-state index contributed by atoms with van der Waals surface area (Å²) < 4.78 is 0. The standard InChI is InChI=1S/C16H24N2/c1-13-10-15(11-13)18-9-8-17-16(2,12-18)14-6-4-3-5-7-14/h3-7,13,15,17H,8-12H2,1-2H3. The average molecular weight is 244 g/mol. The summed E-state index contributed by atoms with van der Waals surface area (Å²) in [6, 6.07) is 11.7. The molecule has 2 heteroatoms. The van der Waals surface area contributed by atoms with E-state index in [1.165, 1.54) is 24.9 Å². The first-order valence-electron chi connectivity index (χ1n) is 7.22. The highest BCUT2D eigenvalue weighted by atomic mass is 15.2. The van der Waals surface area contributed by atoms with Crippen molar-refractivity contribution in [2.24, 2.45) is 5.92 Å². The van der Waals surface area contributed by atoms with E-state index in [1.54, 1.807) is 0 Å². The van der Waals surface area contributed by atoms with Crippen LogP contribution in [0.25, 0.3) is 0 Å². The minimum atomic E-state index is 0.123. The molecule has 2 fully saturated rings. The molecule has 2 aliphatic rings. The maximum Gasteiger partial charge on any atom is 0.0535 e. The number of hydrogen-bond donors (Lipinski definition) is 1. The molecule has 98 valence electrons. The summed E-state index contributed by atoms with van der Waals surface area (Å²) in [6.07, 6.45) is 2.79. The van der Waals surface area contributed by atoms with E-state index in [2.05, 4.69) is 54.4 Å². The average Bonchev–Trinajstić information content (AvgIpc) is 2.36. The van der Waals surface area contributed by atoms with Gasteiger partial charge in [0.25, 0.3) is 0 Å². The van der Waals surface area contributed by atoms with Crippen LogP contribution in [0, 0.1) is 5.92 Å². The third-order valence-corrected chi connectivity index (χ3v) is 4.71. The molecule has 18 heavy (non-hydrogen) atoms. The molecule has 0 aromatic heterocycles. The molecule has 1 saturated carbocycles. The van der Waals surface area contributed by atoms with Crippen LogP contribution in [0.4, 0.5) is 0 Å². The molecule has 2 nitrogen and oxygen atoms in total. The highest BCUT2D eigenvalue weighted by molar-refractivity contribution is 5.25. The third-order valence-electron chi connectivity index (χ3n) is 4.71. The normalized spacial score (nSPS) is 37.2. The van der Waals surface area contributed by atoms with Crippen LogP contribution in [0.5, 0.6) is 0 Å². The van der Waals surface area contributed by atoms with Crippen LogP contribution in [0.15, 0.2) is 30.3 Å². The van der Waals surface area contributed by atoms with Gasteiger partial charge >= 0.3 is 0 Å². The van der Waals surface area contributed by atoms with Crippen molar-refractivity contribution in [2.45, 2.75) is 38.3 Å². The molecule has 1 N–H and O–H groups in total. The Kier molecular flexibility index (Phi) is 3.16. The van der Waals surface area contributed by atoms with Gasteiger partial charge in [-0.05, 0) is 31.2 Å². The van der Waals surface area contributed by atoms with E-state index < -0.39 is 0 Å². The first kappa shape index (κ1) is 12.2. The van der Waals surface area contributed by atoms with E-state index in [9.17, 15) is 0 Å². The van der Waals surface area contributed by atoms with Crippen molar-refractivity contribution in [2.75, 3.05) is 19.6 Å². The lowest BCUT2D eigenvalue weighted by Gasteiger charge is -2.49. The van der Waals surface area contributed by atoms with Gasteiger partial charge in [-0.3, -0.25) is 4.90 Å². The fraction of sp³-hybridized carbons (Fsp3) is 0.625. The molecule has 1 saturated heterocycles. The number of piperazine rings is 1. The van der Waals surface area contributed by atoms with E-state index in [0.29, 0.717) is 0 Å². The Morgan fingerprint density at radius 1 is 1.22 bits per heavy atom. The minimum absolute atomic E-state index is 0.123. The van der Waals surface area contributed by atoms with E-state index >= 15 is 0 Å². The topological polar surface area (TPSA) is 15.3 Å². The molecule has 1 heterocycles. The molecule has 0 amide bonds. The van der Waals surface area contributed by atoms with Gasteiger partial charge in [-0.2, -0.15) is 0 Å². The Morgan fingerprint density at radius 3 is 2.61 bits per heavy atom. The Balaban J connectivity index is 1.73. The molecule has 3 rings (SSSR count). The van der Waals surface area contributed by atoms with E-state index in [-0.39, 0.29) is 5.54 Å². The number of benzene rings is 1. The Morgan fingerprint density at radius 2 is 1.94 bits per heavy atom. The van der Waals surface area contributed by atoms with Gasteiger partial charge in [-0.25, -0.2) is 0 Å².